The van der Waals surface area contributed by atoms with Crippen LogP contribution in [-0.2, 0) is 10.5 Å². The van der Waals surface area contributed by atoms with Crippen LogP contribution in [0.5, 0.6) is 0 Å². The smallest absolute Gasteiger partial charge is 0.230 e. The van der Waals surface area contributed by atoms with Gasteiger partial charge in [0.2, 0.25) is 5.91 Å². The van der Waals surface area contributed by atoms with E-state index in [1.807, 2.05) is 42.1 Å². The van der Waals surface area contributed by atoms with Gasteiger partial charge >= 0.3 is 0 Å². The molecule has 1 aromatic heterocycles. The first-order valence-electron chi connectivity index (χ1n) is 6.39. The van der Waals surface area contributed by atoms with Gasteiger partial charge in [-0.3, -0.25) is 4.79 Å². The molecule has 1 heterocycles. The summed E-state index contributed by atoms with van der Waals surface area (Å²) < 4.78 is 0. The fourth-order valence-electron chi connectivity index (χ4n) is 1.55. The largest absolute Gasteiger partial charge is 0.355 e. The molecule has 1 aromatic carbocycles. The first-order valence-corrected chi connectivity index (χ1v) is 9.41. The number of rotatable bonds is 8. The van der Waals surface area contributed by atoms with E-state index < -0.39 is 0 Å². The van der Waals surface area contributed by atoms with Gasteiger partial charge in [-0.05, 0) is 23.6 Å². The van der Waals surface area contributed by atoms with Gasteiger partial charge in [-0.2, -0.15) is 11.8 Å². The Kier molecular flexibility index (Phi) is 7.05. The van der Waals surface area contributed by atoms with Crippen LogP contribution in [0.25, 0.3) is 0 Å². The molecule has 20 heavy (non-hydrogen) atoms. The molecule has 0 unspecified atom stereocenters. The van der Waals surface area contributed by atoms with Crippen LogP contribution in [0.15, 0.2) is 52.7 Å². The number of thioether (sulfide) groups is 2. The van der Waals surface area contributed by atoms with Crippen LogP contribution in [0.3, 0.4) is 0 Å². The van der Waals surface area contributed by atoms with Crippen molar-refractivity contribution in [3.63, 3.8) is 0 Å². The second-order valence-corrected chi connectivity index (χ2v) is 7.27. The summed E-state index contributed by atoms with van der Waals surface area (Å²) in [5.41, 5.74) is 0. The number of carbonyl (C=O) groups excluding carboxylic acids is 1. The molecule has 0 aliphatic heterocycles. The minimum Gasteiger partial charge on any atom is -0.355 e. The third-order valence-electron chi connectivity index (χ3n) is 2.51. The second-order valence-electron chi connectivity index (χ2n) is 4.08. The lowest BCUT2D eigenvalue weighted by Gasteiger charge is -2.05. The lowest BCUT2D eigenvalue weighted by molar-refractivity contribution is -0.118. The topological polar surface area (TPSA) is 29.1 Å². The summed E-state index contributed by atoms with van der Waals surface area (Å²) in [7, 11) is 0. The first kappa shape index (κ1) is 15.5. The molecule has 1 amide bonds. The molecule has 0 saturated carbocycles. The van der Waals surface area contributed by atoms with Crippen molar-refractivity contribution in [3.8, 4) is 0 Å². The van der Waals surface area contributed by atoms with Crippen molar-refractivity contribution in [1.82, 2.24) is 5.32 Å². The van der Waals surface area contributed by atoms with Crippen LogP contribution < -0.4 is 5.32 Å². The zero-order valence-corrected chi connectivity index (χ0v) is 13.5. The fourth-order valence-corrected chi connectivity index (χ4v) is 4.00. The van der Waals surface area contributed by atoms with E-state index in [4.69, 9.17) is 0 Å². The van der Waals surface area contributed by atoms with E-state index in [0.29, 0.717) is 5.75 Å². The highest BCUT2D eigenvalue weighted by atomic mass is 32.2. The molecule has 0 atom stereocenters. The van der Waals surface area contributed by atoms with Gasteiger partial charge in [0.25, 0.3) is 0 Å². The van der Waals surface area contributed by atoms with E-state index in [1.165, 1.54) is 4.88 Å². The average molecular weight is 324 g/mol. The number of carbonyl (C=O) groups is 1. The van der Waals surface area contributed by atoms with Gasteiger partial charge < -0.3 is 5.32 Å². The highest BCUT2D eigenvalue weighted by Crippen LogP contribution is 2.17. The number of hydrogen-bond acceptors (Lipinski definition) is 4. The Morgan fingerprint density at radius 1 is 1.15 bits per heavy atom. The van der Waals surface area contributed by atoms with Gasteiger partial charge in [-0.1, -0.05) is 24.3 Å². The second kappa shape index (κ2) is 9.10. The Bertz CT molecular complexity index is 499. The lowest BCUT2D eigenvalue weighted by atomic mass is 10.4. The highest BCUT2D eigenvalue weighted by molar-refractivity contribution is 8.00. The van der Waals surface area contributed by atoms with Gasteiger partial charge in [0.05, 0.1) is 5.75 Å². The van der Waals surface area contributed by atoms with E-state index in [-0.39, 0.29) is 5.91 Å². The van der Waals surface area contributed by atoms with E-state index in [2.05, 4.69) is 22.8 Å². The van der Waals surface area contributed by atoms with Gasteiger partial charge in [0, 0.05) is 27.8 Å². The van der Waals surface area contributed by atoms with Crippen molar-refractivity contribution < 1.29 is 4.79 Å². The van der Waals surface area contributed by atoms with Crippen LogP contribution in [0.1, 0.15) is 4.88 Å². The van der Waals surface area contributed by atoms with E-state index in [1.54, 1.807) is 23.1 Å². The Balaban J connectivity index is 1.52. The Morgan fingerprint density at radius 2 is 2.00 bits per heavy atom. The average Bonchev–Trinajstić information content (AvgIpc) is 2.99. The summed E-state index contributed by atoms with van der Waals surface area (Å²) in [6.45, 7) is 0.740. The van der Waals surface area contributed by atoms with Crippen molar-refractivity contribution >= 4 is 40.8 Å². The summed E-state index contributed by atoms with van der Waals surface area (Å²) in [5.74, 6) is 2.58. The molecule has 0 bridgehead atoms. The maximum atomic E-state index is 11.7. The van der Waals surface area contributed by atoms with Crippen LogP contribution >= 0.6 is 34.9 Å². The number of thiophene rings is 1. The van der Waals surface area contributed by atoms with E-state index >= 15 is 0 Å². The minimum atomic E-state index is 0.107. The maximum Gasteiger partial charge on any atom is 0.230 e. The van der Waals surface area contributed by atoms with Gasteiger partial charge in [-0.15, -0.1) is 23.1 Å². The molecule has 106 valence electrons. The minimum absolute atomic E-state index is 0.107. The molecule has 2 aromatic rings. The van der Waals surface area contributed by atoms with Crippen molar-refractivity contribution in [2.24, 2.45) is 0 Å². The molecular weight excluding hydrogens is 306 g/mol. The predicted octanol–water partition coefficient (Wildman–Crippen LogP) is 3.89. The number of nitrogens with one attached hydrogen (secondary N) is 1. The van der Waals surface area contributed by atoms with E-state index in [9.17, 15) is 4.79 Å². The molecule has 0 spiro atoms. The summed E-state index contributed by atoms with van der Waals surface area (Å²) >= 11 is 5.21. The molecule has 0 aliphatic carbocycles. The summed E-state index contributed by atoms with van der Waals surface area (Å²) in [4.78, 5) is 14.2. The first-order chi connectivity index (χ1) is 9.84. The zero-order chi connectivity index (χ0) is 14.0. The Hall–Kier alpha value is -0.910. The molecule has 1 N–H and O–H groups in total. The van der Waals surface area contributed by atoms with Gasteiger partial charge in [0.15, 0.2) is 0 Å². The van der Waals surface area contributed by atoms with E-state index in [0.717, 1.165) is 22.9 Å². The van der Waals surface area contributed by atoms with Crippen molar-refractivity contribution in [2.45, 2.75) is 10.6 Å². The summed E-state index contributed by atoms with van der Waals surface area (Å²) in [6.07, 6.45) is 0. The third kappa shape index (κ3) is 6.03. The zero-order valence-electron chi connectivity index (χ0n) is 11.1. The molecule has 2 nitrogen and oxygen atoms in total. The Morgan fingerprint density at radius 3 is 2.75 bits per heavy atom. The maximum absolute atomic E-state index is 11.7. The molecule has 2 rings (SSSR count). The fraction of sp³-hybridized carbons (Fsp3) is 0.267. The highest BCUT2D eigenvalue weighted by Gasteiger charge is 2.02. The monoisotopic (exact) mass is 323 g/mol. The van der Waals surface area contributed by atoms with Crippen LogP contribution in [0, 0.1) is 0 Å². The third-order valence-corrected chi connectivity index (χ3v) is 5.59. The number of amides is 1. The molecular formula is C15H17NOS3. The standard InChI is InChI=1S/C15H17NOS3/c17-15(12-20-13-5-2-1-3-6-13)16-8-10-18-11-14-7-4-9-19-14/h1-7,9H,8,10-12H2,(H,16,17). The van der Waals surface area contributed by atoms with Crippen molar-refractivity contribution in [1.29, 1.82) is 0 Å². The number of hydrogen-bond donors (Lipinski definition) is 1. The normalized spacial score (nSPS) is 10.4. The molecule has 0 saturated heterocycles. The summed E-state index contributed by atoms with van der Waals surface area (Å²) in [5, 5.41) is 5.05. The van der Waals surface area contributed by atoms with Crippen LogP contribution in [-0.4, -0.2) is 24.0 Å². The van der Waals surface area contributed by atoms with Gasteiger partial charge in [0.1, 0.15) is 0 Å². The van der Waals surface area contributed by atoms with Crippen molar-refractivity contribution in [3.05, 3.63) is 52.7 Å². The molecule has 0 aliphatic rings. The molecule has 0 fully saturated rings. The molecule has 5 heteroatoms. The SMILES string of the molecule is O=C(CSc1ccccc1)NCCSCc1cccs1. The summed E-state index contributed by atoms with van der Waals surface area (Å²) in [6, 6.07) is 14.2. The van der Waals surface area contributed by atoms with Gasteiger partial charge in [-0.25, -0.2) is 0 Å². The lowest BCUT2D eigenvalue weighted by Crippen LogP contribution is -2.27. The van der Waals surface area contributed by atoms with Crippen molar-refractivity contribution in [2.75, 3.05) is 18.1 Å². The quantitative estimate of drug-likeness (QED) is 0.590. The number of benzene rings is 1. The predicted molar refractivity (Wildman–Crippen MR) is 90.7 cm³/mol. The Labute approximate surface area is 132 Å². The molecule has 0 radical (unpaired) electrons. The van der Waals surface area contributed by atoms with Crippen LogP contribution in [0.4, 0.5) is 0 Å². The van der Waals surface area contributed by atoms with Crippen LogP contribution in [0.2, 0.25) is 0 Å².